The van der Waals surface area contributed by atoms with E-state index in [-0.39, 0.29) is 17.7 Å². The lowest BCUT2D eigenvalue weighted by molar-refractivity contribution is -0.133. The van der Waals surface area contributed by atoms with Gasteiger partial charge in [-0.15, -0.1) is 0 Å². The van der Waals surface area contributed by atoms with Crippen molar-refractivity contribution in [2.24, 2.45) is 0 Å². The smallest absolute Gasteiger partial charge is 0.240 e. The molecule has 5 nitrogen and oxygen atoms in total. The summed E-state index contributed by atoms with van der Waals surface area (Å²) in [6.07, 6.45) is 5.05. The fourth-order valence-corrected chi connectivity index (χ4v) is 2.93. The van der Waals surface area contributed by atoms with Gasteiger partial charge >= 0.3 is 0 Å². The number of carbonyl (C=O) groups is 2. The van der Waals surface area contributed by atoms with Gasteiger partial charge in [0.2, 0.25) is 5.91 Å². The molecule has 0 spiro atoms. The standard InChI is InChI=1S/C13H23NO4S/c1-10(15)9-12-7-5-4-6-8-14(12)13(16)11(2)19(3,17)18/h11-12H,4-9H2,1-3H3. The maximum atomic E-state index is 12.3. The Bertz CT molecular complexity index is 444. The minimum atomic E-state index is -3.39. The van der Waals surface area contributed by atoms with Crippen LogP contribution in [-0.4, -0.2) is 49.1 Å². The van der Waals surface area contributed by atoms with Crippen LogP contribution >= 0.6 is 0 Å². The zero-order valence-corrected chi connectivity index (χ0v) is 12.7. The SMILES string of the molecule is CC(=O)CC1CCCCCN1C(=O)C(C)S(C)(=O)=O. The Balaban J connectivity index is 2.90. The quantitative estimate of drug-likeness (QED) is 0.779. The lowest BCUT2D eigenvalue weighted by Crippen LogP contribution is -2.47. The number of ketones is 1. The first-order valence-corrected chi connectivity index (χ1v) is 8.67. The van der Waals surface area contributed by atoms with Crippen molar-refractivity contribution in [3.05, 3.63) is 0 Å². The van der Waals surface area contributed by atoms with E-state index < -0.39 is 15.1 Å². The summed E-state index contributed by atoms with van der Waals surface area (Å²) in [5, 5.41) is -1.03. The van der Waals surface area contributed by atoms with Crippen LogP contribution in [0, 0.1) is 0 Å². The highest BCUT2D eigenvalue weighted by Crippen LogP contribution is 2.21. The number of nitrogens with zero attached hydrogens (tertiary/aromatic N) is 1. The van der Waals surface area contributed by atoms with E-state index in [2.05, 4.69) is 0 Å². The largest absolute Gasteiger partial charge is 0.338 e. The van der Waals surface area contributed by atoms with E-state index in [1.807, 2.05) is 0 Å². The number of likely N-dealkylation sites (tertiary alicyclic amines) is 1. The molecule has 6 heteroatoms. The molecule has 0 N–H and O–H groups in total. The van der Waals surface area contributed by atoms with Crippen LogP contribution in [0.1, 0.15) is 46.0 Å². The van der Waals surface area contributed by atoms with Gasteiger partial charge in [-0.1, -0.05) is 12.8 Å². The van der Waals surface area contributed by atoms with E-state index in [0.717, 1.165) is 31.9 Å². The second-order valence-electron chi connectivity index (χ2n) is 5.41. The van der Waals surface area contributed by atoms with Crippen molar-refractivity contribution in [3.8, 4) is 0 Å². The monoisotopic (exact) mass is 289 g/mol. The summed E-state index contributed by atoms with van der Waals surface area (Å²) >= 11 is 0. The molecule has 1 fully saturated rings. The Kier molecular flexibility index (Phi) is 5.52. The number of Topliss-reactive ketones (excluding diaryl/α,β-unsaturated/α-hetero) is 1. The third-order valence-corrected chi connectivity index (χ3v) is 5.16. The Labute approximate surface area is 115 Å². The fourth-order valence-electron chi connectivity index (χ4n) is 2.43. The summed E-state index contributed by atoms with van der Waals surface area (Å²) in [6.45, 7) is 3.48. The van der Waals surface area contributed by atoms with E-state index in [0.29, 0.717) is 13.0 Å². The molecule has 0 aromatic carbocycles. The van der Waals surface area contributed by atoms with Gasteiger partial charge in [0, 0.05) is 25.3 Å². The number of amides is 1. The van der Waals surface area contributed by atoms with Gasteiger partial charge in [0.15, 0.2) is 9.84 Å². The van der Waals surface area contributed by atoms with Gasteiger partial charge in [-0.3, -0.25) is 9.59 Å². The molecule has 0 saturated carbocycles. The summed E-state index contributed by atoms with van der Waals surface area (Å²) in [6, 6.07) is -0.142. The lowest BCUT2D eigenvalue weighted by atomic mass is 10.0. The number of sulfone groups is 1. The van der Waals surface area contributed by atoms with E-state index in [1.165, 1.54) is 13.8 Å². The van der Waals surface area contributed by atoms with E-state index >= 15 is 0 Å². The van der Waals surface area contributed by atoms with Crippen molar-refractivity contribution in [2.75, 3.05) is 12.8 Å². The molecule has 1 aliphatic rings. The molecule has 1 aliphatic heterocycles. The predicted octanol–water partition coefficient (Wildman–Crippen LogP) is 1.17. The molecule has 1 rings (SSSR count). The highest BCUT2D eigenvalue weighted by atomic mass is 32.2. The molecule has 1 heterocycles. The summed E-state index contributed by atoms with van der Waals surface area (Å²) in [5.41, 5.74) is 0. The van der Waals surface area contributed by atoms with Gasteiger partial charge in [-0.25, -0.2) is 8.42 Å². The lowest BCUT2D eigenvalue weighted by Gasteiger charge is -2.31. The molecular weight excluding hydrogens is 266 g/mol. The van der Waals surface area contributed by atoms with Crippen LogP contribution in [-0.2, 0) is 19.4 Å². The average Bonchev–Trinajstić information content (AvgIpc) is 2.50. The van der Waals surface area contributed by atoms with Crippen molar-refractivity contribution in [3.63, 3.8) is 0 Å². The van der Waals surface area contributed by atoms with Crippen LogP contribution in [0.5, 0.6) is 0 Å². The predicted molar refractivity (Wildman–Crippen MR) is 73.6 cm³/mol. The van der Waals surface area contributed by atoms with Crippen LogP contribution in [0.4, 0.5) is 0 Å². The maximum absolute atomic E-state index is 12.3. The Morgan fingerprint density at radius 1 is 1.26 bits per heavy atom. The molecule has 0 aliphatic carbocycles. The minimum absolute atomic E-state index is 0.0386. The number of carbonyl (C=O) groups excluding carboxylic acids is 2. The molecule has 1 saturated heterocycles. The third-order valence-electron chi connectivity index (χ3n) is 3.67. The molecule has 0 aromatic heterocycles. The molecule has 19 heavy (non-hydrogen) atoms. The normalized spacial score (nSPS) is 22.7. The van der Waals surface area contributed by atoms with E-state index in [4.69, 9.17) is 0 Å². The van der Waals surface area contributed by atoms with Gasteiger partial charge in [-0.2, -0.15) is 0 Å². The van der Waals surface area contributed by atoms with Crippen LogP contribution in [0.15, 0.2) is 0 Å². The van der Waals surface area contributed by atoms with Crippen molar-refractivity contribution in [2.45, 2.75) is 57.2 Å². The highest BCUT2D eigenvalue weighted by Gasteiger charge is 2.33. The van der Waals surface area contributed by atoms with Gasteiger partial charge in [-0.05, 0) is 26.7 Å². The molecule has 2 atom stereocenters. The fraction of sp³-hybridized carbons (Fsp3) is 0.846. The summed E-state index contributed by atoms with van der Waals surface area (Å²) < 4.78 is 23.0. The molecular formula is C13H23NO4S. The van der Waals surface area contributed by atoms with Gasteiger partial charge < -0.3 is 4.90 Å². The number of hydrogen-bond donors (Lipinski definition) is 0. The Morgan fingerprint density at radius 2 is 1.89 bits per heavy atom. The molecule has 1 amide bonds. The molecule has 0 aromatic rings. The van der Waals surface area contributed by atoms with Crippen LogP contribution < -0.4 is 0 Å². The first-order chi connectivity index (χ1) is 8.73. The zero-order valence-electron chi connectivity index (χ0n) is 11.9. The Morgan fingerprint density at radius 3 is 2.42 bits per heavy atom. The number of rotatable bonds is 4. The van der Waals surface area contributed by atoms with Gasteiger partial charge in [0.25, 0.3) is 0 Å². The summed E-state index contributed by atoms with van der Waals surface area (Å²) in [7, 11) is -3.39. The third kappa shape index (κ3) is 4.60. The second kappa shape index (κ2) is 6.50. The topological polar surface area (TPSA) is 71.5 Å². The molecule has 110 valence electrons. The van der Waals surface area contributed by atoms with E-state index in [1.54, 1.807) is 4.90 Å². The van der Waals surface area contributed by atoms with Gasteiger partial charge in [0.1, 0.15) is 11.0 Å². The zero-order chi connectivity index (χ0) is 14.6. The summed E-state index contributed by atoms with van der Waals surface area (Å²) in [4.78, 5) is 25.2. The molecule has 0 radical (unpaired) electrons. The van der Waals surface area contributed by atoms with Crippen LogP contribution in [0.3, 0.4) is 0 Å². The first kappa shape index (κ1) is 16.1. The minimum Gasteiger partial charge on any atom is -0.338 e. The van der Waals surface area contributed by atoms with Crippen LogP contribution in [0.2, 0.25) is 0 Å². The average molecular weight is 289 g/mol. The Hall–Kier alpha value is -0.910. The van der Waals surface area contributed by atoms with Crippen molar-refractivity contribution in [1.29, 1.82) is 0 Å². The van der Waals surface area contributed by atoms with Crippen molar-refractivity contribution < 1.29 is 18.0 Å². The van der Waals surface area contributed by atoms with Crippen LogP contribution in [0.25, 0.3) is 0 Å². The number of hydrogen-bond acceptors (Lipinski definition) is 4. The molecule has 0 bridgehead atoms. The first-order valence-electron chi connectivity index (χ1n) is 6.72. The van der Waals surface area contributed by atoms with Crippen molar-refractivity contribution >= 4 is 21.5 Å². The maximum Gasteiger partial charge on any atom is 0.240 e. The van der Waals surface area contributed by atoms with Gasteiger partial charge in [0.05, 0.1) is 0 Å². The summed E-state index contributed by atoms with van der Waals surface area (Å²) in [5.74, 6) is -0.327. The highest BCUT2D eigenvalue weighted by molar-refractivity contribution is 7.92. The van der Waals surface area contributed by atoms with Crippen molar-refractivity contribution in [1.82, 2.24) is 4.90 Å². The second-order valence-corrected chi connectivity index (χ2v) is 7.78. The molecule has 2 unspecified atom stereocenters. The van der Waals surface area contributed by atoms with E-state index in [9.17, 15) is 18.0 Å².